The fraction of sp³-hybridized carbons (Fsp3) is 0.688. The van der Waals surface area contributed by atoms with Crippen molar-refractivity contribution in [2.45, 2.75) is 33.1 Å². The molecule has 1 aliphatic carbocycles. The largest absolute Gasteiger partial charge is 0.381 e. The van der Waals surface area contributed by atoms with E-state index in [0.717, 1.165) is 25.1 Å². The zero-order valence-corrected chi connectivity index (χ0v) is 14.3. The molecule has 0 saturated carbocycles. The molecule has 1 fully saturated rings. The molecule has 0 bridgehead atoms. The summed E-state index contributed by atoms with van der Waals surface area (Å²) in [6.45, 7) is 6.14. The maximum absolute atomic E-state index is 12.1. The van der Waals surface area contributed by atoms with Crippen molar-refractivity contribution in [1.82, 2.24) is 4.98 Å². The summed E-state index contributed by atoms with van der Waals surface area (Å²) in [5.41, 5.74) is 0.738. The smallest absolute Gasteiger partial charge is 0.252 e. The maximum atomic E-state index is 12.1. The standard InChI is InChI=1S/C16H22N2O4S/c1-16(2)5-11-14(12(19)6-16)23-15(17-11)18-13(20)9-22-8-10-3-4-21-7-10/h10H,3-9H2,1-2H3,(H,17,18,20). The summed E-state index contributed by atoms with van der Waals surface area (Å²) >= 11 is 1.26. The lowest BCUT2D eigenvalue weighted by Gasteiger charge is -2.26. The average Bonchev–Trinajstić information content (AvgIpc) is 3.07. The molecule has 7 heteroatoms. The Morgan fingerprint density at radius 1 is 1.48 bits per heavy atom. The number of anilines is 1. The zero-order valence-electron chi connectivity index (χ0n) is 13.5. The molecule has 2 aliphatic rings. The number of nitrogens with one attached hydrogen (secondary N) is 1. The van der Waals surface area contributed by atoms with Crippen LogP contribution in [0.15, 0.2) is 0 Å². The first-order valence-electron chi connectivity index (χ1n) is 7.91. The number of aromatic nitrogens is 1. The van der Waals surface area contributed by atoms with E-state index in [4.69, 9.17) is 9.47 Å². The highest BCUT2D eigenvalue weighted by Gasteiger charge is 2.34. The Bertz CT molecular complexity index is 605. The normalized spacial score (nSPS) is 22.9. The number of carbonyl (C=O) groups excluding carboxylic acids is 2. The first-order chi connectivity index (χ1) is 10.9. The average molecular weight is 338 g/mol. The van der Waals surface area contributed by atoms with E-state index in [0.29, 0.717) is 35.6 Å². The summed E-state index contributed by atoms with van der Waals surface area (Å²) in [7, 11) is 0. The number of ether oxygens (including phenoxy) is 2. The summed E-state index contributed by atoms with van der Waals surface area (Å²) in [6.07, 6.45) is 2.28. The molecule has 126 valence electrons. The van der Waals surface area contributed by atoms with E-state index in [1.807, 2.05) is 0 Å². The van der Waals surface area contributed by atoms with Crippen LogP contribution in [0.5, 0.6) is 0 Å². The van der Waals surface area contributed by atoms with Crippen LogP contribution in [0.1, 0.15) is 42.1 Å². The third kappa shape index (κ3) is 4.16. The number of nitrogens with zero attached hydrogens (tertiary/aromatic N) is 1. The molecule has 1 N–H and O–H groups in total. The van der Waals surface area contributed by atoms with Crippen LogP contribution in [0, 0.1) is 11.3 Å². The molecule has 1 amide bonds. The molecule has 6 nitrogen and oxygen atoms in total. The van der Waals surface area contributed by atoms with E-state index in [-0.39, 0.29) is 23.7 Å². The van der Waals surface area contributed by atoms with Gasteiger partial charge in [0.15, 0.2) is 10.9 Å². The fourth-order valence-electron chi connectivity index (χ4n) is 2.96. The van der Waals surface area contributed by atoms with Crippen LogP contribution in [-0.4, -0.2) is 43.1 Å². The zero-order chi connectivity index (χ0) is 16.4. The minimum atomic E-state index is -0.235. The van der Waals surface area contributed by atoms with Gasteiger partial charge in [-0.15, -0.1) is 0 Å². The lowest BCUT2D eigenvalue weighted by atomic mass is 9.78. The number of rotatable bonds is 5. The topological polar surface area (TPSA) is 77.5 Å². The second-order valence-electron chi connectivity index (χ2n) is 7.03. The first-order valence-corrected chi connectivity index (χ1v) is 8.73. The van der Waals surface area contributed by atoms with E-state index in [2.05, 4.69) is 24.1 Å². The number of hydrogen-bond donors (Lipinski definition) is 1. The van der Waals surface area contributed by atoms with Gasteiger partial charge in [-0.05, 0) is 18.3 Å². The minimum Gasteiger partial charge on any atom is -0.381 e. The second kappa shape index (κ2) is 6.67. The molecule has 1 saturated heterocycles. The van der Waals surface area contributed by atoms with Gasteiger partial charge in [0.25, 0.3) is 5.91 Å². The number of hydrogen-bond acceptors (Lipinski definition) is 6. The molecule has 1 aromatic heterocycles. The minimum absolute atomic E-state index is 0.000185. The lowest BCUT2D eigenvalue weighted by molar-refractivity contribution is -0.121. The van der Waals surface area contributed by atoms with Gasteiger partial charge in [-0.3, -0.25) is 14.9 Å². The van der Waals surface area contributed by atoms with Gasteiger partial charge in [0, 0.05) is 18.9 Å². The summed E-state index contributed by atoms with van der Waals surface area (Å²) in [4.78, 5) is 29.2. The van der Waals surface area contributed by atoms with Crippen LogP contribution < -0.4 is 5.32 Å². The quantitative estimate of drug-likeness (QED) is 0.891. The Balaban J connectivity index is 1.52. The molecule has 0 spiro atoms. The highest BCUT2D eigenvalue weighted by Crippen LogP contribution is 2.38. The number of thiazole rings is 1. The van der Waals surface area contributed by atoms with E-state index < -0.39 is 0 Å². The van der Waals surface area contributed by atoms with Crippen molar-refractivity contribution in [2.24, 2.45) is 11.3 Å². The lowest BCUT2D eigenvalue weighted by Crippen LogP contribution is -2.26. The molecule has 1 aromatic rings. The Hall–Kier alpha value is -1.31. The molecule has 23 heavy (non-hydrogen) atoms. The monoisotopic (exact) mass is 338 g/mol. The van der Waals surface area contributed by atoms with Crippen LogP contribution in [0.25, 0.3) is 0 Å². The number of carbonyl (C=O) groups is 2. The van der Waals surface area contributed by atoms with Crippen LogP contribution in [0.2, 0.25) is 0 Å². The van der Waals surface area contributed by atoms with Crippen LogP contribution in [0.3, 0.4) is 0 Å². The predicted octanol–water partition coefficient (Wildman–Crippen LogP) is 2.29. The number of ketones is 1. The van der Waals surface area contributed by atoms with Crippen molar-refractivity contribution in [1.29, 1.82) is 0 Å². The molecule has 0 aromatic carbocycles. The highest BCUT2D eigenvalue weighted by atomic mass is 32.1. The van der Waals surface area contributed by atoms with Crippen LogP contribution in [0.4, 0.5) is 5.13 Å². The molecule has 1 atom stereocenters. The summed E-state index contributed by atoms with van der Waals surface area (Å²) in [5, 5.41) is 3.22. The van der Waals surface area contributed by atoms with E-state index in [1.54, 1.807) is 0 Å². The predicted molar refractivity (Wildman–Crippen MR) is 86.9 cm³/mol. The Labute approximate surface area is 139 Å². The molecule has 1 unspecified atom stereocenters. The Kier molecular flexibility index (Phi) is 4.79. The van der Waals surface area contributed by atoms with Crippen LogP contribution >= 0.6 is 11.3 Å². The van der Waals surface area contributed by atoms with Crippen LogP contribution in [-0.2, 0) is 20.7 Å². The number of amides is 1. The number of fused-ring (bicyclic) bond motifs is 1. The molecule has 2 heterocycles. The van der Waals surface area contributed by atoms with Crippen molar-refractivity contribution in [3.8, 4) is 0 Å². The van der Waals surface area contributed by atoms with Gasteiger partial charge in [0.2, 0.25) is 0 Å². The Morgan fingerprint density at radius 3 is 3.04 bits per heavy atom. The molecule has 3 rings (SSSR count). The van der Waals surface area contributed by atoms with Crippen molar-refractivity contribution in [2.75, 3.05) is 31.7 Å². The van der Waals surface area contributed by atoms with Crippen molar-refractivity contribution in [3.05, 3.63) is 10.6 Å². The summed E-state index contributed by atoms with van der Waals surface area (Å²) in [5.74, 6) is 0.267. The molecule has 0 radical (unpaired) electrons. The first kappa shape index (κ1) is 16.5. The van der Waals surface area contributed by atoms with E-state index in [1.165, 1.54) is 11.3 Å². The van der Waals surface area contributed by atoms with Gasteiger partial charge in [-0.2, -0.15) is 0 Å². The SMILES string of the molecule is CC1(C)CC(=O)c2sc(NC(=O)COCC3CCOC3)nc2C1. The third-order valence-electron chi connectivity index (χ3n) is 4.09. The van der Waals surface area contributed by atoms with Crippen molar-refractivity contribution in [3.63, 3.8) is 0 Å². The van der Waals surface area contributed by atoms with Gasteiger partial charge in [-0.1, -0.05) is 25.2 Å². The Morgan fingerprint density at radius 2 is 2.30 bits per heavy atom. The second-order valence-corrected chi connectivity index (χ2v) is 8.03. The van der Waals surface area contributed by atoms with Gasteiger partial charge in [0.1, 0.15) is 6.61 Å². The van der Waals surface area contributed by atoms with Crippen molar-refractivity contribution < 1.29 is 19.1 Å². The molecule has 1 aliphatic heterocycles. The van der Waals surface area contributed by atoms with Gasteiger partial charge in [-0.25, -0.2) is 4.98 Å². The number of Topliss-reactive ketones (excluding diaryl/α,β-unsaturated/α-hetero) is 1. The third-order valence-corrected chi connectivity index (χ3v) is 5.15. The van der Waals surface area contributed by atoms with E-state index in [9.17, 15) is 9.59 Å². The molecular formula is C16H22N2O4S. The van der Waals surface area contributed by atoms with Gasteiger partial charge in [0.05, 0.1) is 23.8 Å². The summed E-state index contributed by atoms with van der Waals surface area (Å²) < 4.78 is 10.7. The highest BCUT2D eigenvalue weighted by molar-refractivity contribution is 7.17. The molecular weight excluding hydrogens is 316 g/mol. The fourth-order valence-corrected chi connectivity index (χ4v) is 3.90. The van der Waals surface area contributed by atoms with Gasteiger partial charge >= 0.3 is 0 Å². The summed E-state index contributed by atoms with van der Waals surface area (Å²) in [6, 6.07) is 0. The van der Waals surface area contributed by atoms with Crippen molar-refractivity contribution >= 4 is 28.2 Å². The maximum Gasteiger partial charge on any atom is 0.252 e. The van der Waals surface area contributed by atoms with E-state index >= 15 is 0 Å². The van der Waals surface area contributed by atoms with Gasteiger partial charge < -0.3 is 9.47 Å².